The van der Waals surface area contributed by atoms with Gasteiger partial charge in [-0.05, 0) is 12.1 Å². The molecule has 2 aromatic heterocycles. The summed E-state index contributed by atoms with van der Waals surface area (Å²) in [6.07, 6.45) is 5.30. The molecule has 2 aromatic rings. The number of carbonyl (C=O) groups excluding carboxylic acids is 1. The average molecular weight is 344 g/mol. The number of imidazole rings is 1. The highest BCUT2D eigenvalue weighted by Gasteiger charge is 2.31. The summed E-state index contributed by atoms with van der Waals surface area (Å²) in [5, 5.41) is 3.32. The standard InChI is InChI=1S/C14H17N5O.2ClH/c1-18-8-7-17-13(18)12-10-15-6-9-19(12)14(20)11-4-2-3-5-16-11;;/h2-5,7-8,12,15H,6,9-10H2,1H3;2*1H. The summed E-state index contributed by atoms with van der Waals surface area (Å²) < 4.78 is 1.95. The molecular formula is C14H19Cl2N5O. The fourth-order valence-electron chi connectivity index (χ4n) is 2.51. The summed E-state index contributed by atoms with van der Waals surface area (Å²) in [6.45, 7) is 2.16. The highest BCUT2D eigenvalue weighted by Crippen LogP contribution is 2.22. The van der Waals surface area contributed by atoms with Gasteiger partial charge in [0.25, 0.3) is 5.91 Å². The van der Waals surface area contributed by atoms with E-state index in [2.05, 4.69) is 15.3 Å². The molecule has 0 bridgehead atoms. The molecule has 1 atom stereocenters. The number of pyridine rings is 1. The van der Waals surface area contributed by atoms with Crippen molar-refractivity contribution < 1.29 is 4.79 Å². The lowest BCUT2D eigenvalue weighted by Crippen LogP contribution is -2.49. The van der Waals surface area contributed by atoms with E-state index in [-0.39, 0.29) is 36.8 Å². The van der Waals surface area contributed by atoms with Crippen molar-refractivity contribution in [3.05, 3.63) is 48.3 Å². The third kappa shape index (κ3) is 3.58. The summed E-state index contributed by atoms with van der Waals surface area (Å²) in [7, 11) is 1.94. The van der Waals surface area contributed by atoms with Crippen LogP contribution in [0.3, 0.4) is 0 Å². The van der Waals surface area contributed by atoms with Crippen molar-refractivity contribution >= 4 is 30.7 Å². The third-order valence-electron chi connectivity index (χ3n) is 3.54. The molecule has 1 aliphatic rings. The molecule has 0 radical (unpaired) electrons. The number of hydrogen-bond acceptors (Lipinski definition) is 4. The van der Waals surface area contributed by atoms with Gasteiger partial charge in [-0.3, -0.25) is 9.78 Å². The monoisotopic (exact) mass is 343 g/mol. The van der Waals surface area contributed by atoms with E-state index in [0.29, 0.717) is 18.8 Å². The van der Waals surface area contributed by atoms with Crippen LogP contribution < -0.4 is 5.32 Å². The van der Waals surface area contributed by atoms with Gasteiger partial charge in [-0.25, -0.2) is 4.98 Å². The SMILES string of the molecule is Cl.Cl.Cn1ccnc1C1CNCCN1C(=O)c1ccccn1. The maximum absolute atomic E-state index is 12.6. The molecule has 1 aliphatic heterocycles. The van der Waals surface area contributed by atoms with E-state index in [1.807, 2.05) is 34.8 Å². The van der Waals surface area contributed by atoms with Crippen molar-refractivity contribution in [2.45, 2.75) is 6.04 Å². The Kier molecular flexibility index (Phi) is 6.80. The number of amides is 1. The van der Waals surface area contributed by atoms with Crippen LogP contribution in [0, 0.1) is 0 Å². The Morgan fingerprint density at radius 3 is 2.73 bits per heavy atom. The lowest BCUT2D eigenvalue weighted by Gasteiger charge is -2.35. The molecule has 8 heteroatoms. The molecule has 0 aromatic carbocycles. The van der Waals surface area contributed by atoms with Crippen molar-refractivity contribution in [3.63, 3.8) is 0 Å². The Balaban J connectivity index is 0.00000121. The molecule has 0 saturated carbocycles. The lowest BCUT2D eigenvalue weighted by molar-refractivity contribution is 0.0615. The number of carbonyl (C=O) groups is 1. The highest BCUT2D eigenvalue weighted by molar-refractivity contribution is 5.92. The van der Waals surface area contributed by atoms with E-state index in [1.54, 1.807) is 18.5 Å². The first-order chi connectivity index (χ1) is 9.77. The Labute approximate surface area is 141 Å². The first-order valence-electron chi connectivity index (χ1n) is 6.67. The van der Waals surface area contributed by atoms with Gasteiger partial charge in [0.05, 0.1) is 0 Å². The van der Waals surface area contributed by atoms with Gasteiger partial charge in [-0.1, -0.05) is 6.07 Å². The van der Waals surface area contributed by atoms with E-state index in [0.717, 1.165) is 12.4 Å². The van der Waals surface area contributed by atoms with Crippen LogP contribution in [0.5, 0.6) is 0 Å². The number of hydrogen-bond donors (Lipinski definition) is 1. The molecule has 120 valence electrons. The Morgan fingerprint density at radius 2 is 2.09 bits per heavy atom. The normalized spacial score (nSPS) is 17.3. The van der Waals surface area contributed by atoms with Gasteiger partial charge in [0.2, 0.25) is 0 Å². The summed E-state index contributed by atoms with van der Waals surface area (Å²) >= 11 is 0. The van der Waals surface area contributed by atoms with Crippen molar-refractivity contribution in [1.29, 1.82) is 0 Å². The van der Waals surface area contributed by atoms with Crippen LogP contribution in [0.1, 0.15) is 22.4 Å². The molecule has 1 N–H and O–H groups in total. The van der Waals surface area contributed by atoms with Gasteiger partial charge in [0, 0.05) is 45.3 Å². The molecule has 1 fully saturated rings. The van der Waals surface area contributed by atoms with Crippen LogP contribution in [-0.2, 0) is 7.05 Å². The second-order valence-electron chi connectivity index (χ2n) is 4.83. The van der Waals surface area contributed by atoms with Crippen LogP contribution in [0.4, 0.5) is 0 Å². The van der Waals surface area contributed by atoms with Gasteiger partial charge in [-0.2, -0.15) is 0 Å². The van der Waals surface area contributed by atoms with Crippen LogP contribution in [0.15, 0.2) is 36.8 Å². The molecule has 3 heterocycles. The van der Waals surface area contributed by atoms with Crippen LogP contribution in [0.25, 0.3) is 0 Å². The van der Waals surface area contributed by atoms with Gasteiger partial charge in [-0.15, -0.1) is 24.8 Å². The quantitative estimate of drug-likeness (QED) is 0.896. The molecule has 1 amide bonds. The van der Waals surface area contributed by atoms with E-state index >= 15 is 0 Å². The minimum atomic E-state index is -0.0572. The summed E-state index contributed by atoms with van der Waals surface area (Å²) in [5.41, 5.74) is 0.480. The van der Waals surface area contributed by atoms with Crippen molar-refractivity contribution in [2.75, 3.05) is 19.6 Å². The topological polar surface area (TPSA) is 63.1 Å². The first-order valence-corrected chi connectivity index (χ1v) is 6.67. The Hall–Kier alpha value is -1.63. The molecule has 0 spiro atoms. The fourth-order valence-corrected chi connectivity index (χ4v) is 2.51. The van der Waals surface area contributed by atoms with Gasteiger partial charge >= 0.3 is 0 Å². The molecule has 1 saturated heterocycles. The first kappa shape index (κ1) is 18.4. The fraction of sp³-hybridized carbons (Fsp3) is 0.357. The smallest absolute Gasteiger partial charge is 0.273 e. The van der Waals surface area contributed by atoms with Crippen molar-refractivity contribution in [2.24, 2.45) is 7.05 Å². The largest absolute Gasteiger partial charge is 0.336 e. The summed E-state index contributed by atoms with van der Waals surface area (Å²) in [4.78, 5) is 23.0. The van der Waals surface area contributed by atoms with Crippen LogP contribution >= 0.6 is 24.8 Å². The van der Waals surface area contributed by atoms with E-state index in [1.165, 1.54) is 0 Å². The number of nitrogens with zero attached hydrogens (tertiary/aromatic N) is 4. The van der Waals surface area contributed by atoms with E-state index in [4.69, 9.17) is 0 Å². The van der Waals surface area contributed by atoms with Gasteiger partial charge < -0.3 is 14.8 Å². The highest BCUT2D eigenvalue weighted by atomic mass is 35.5. The number of rotatable bonds is 2. The minimum Gasteiger partial charge on any atom is -0.336 e. The Bertz CT molecular complexity index is 604. The molecule has 3 rings (SSSR count). The average Bonchev–Trinajstić information content (AvgIpc) is 2.93. The minimum absolute atomic E-state index is 0. The van der Waals surface area contributed by atoms with Crippen LogP contribution in [-0.4, -0.2) is 45.0 Å². The van der Waals surface area contributed by atoms with Crippen LogP contribution in [0.2, 0.25) is 0 Å². The van der Waals surface area contributed by atoms with Gasteiger partial charge in [0.1, 0.15) is 17.6 Å². The maximum atomic E-state index is 12.6. The van der Waals surface area contributed by atoms with E-state index < -0.39 is 0 Å². The van der Waals surface area contributed by atoms with E-state index in [9.17, 15) is 4.79 Å². The second-order valence-corrected chi connectivity index (χ2v) is 4.83. The third-order valence-corrected chi connectivity index (χ3v) is 3.54. The van der Waals surface area contributed by atoms with Crippen molar-refractivity contribution in [1.82, 2.24) is 24.8 Å². The number of aryl methyl sites for hydroxylation is 1. The maximum Gasteiger partial charge on any atom is 0.273 e. The predicted octanol–water partition coefficient (Wildman–Crippen LogP) is 1.45. The molecule has 22 heavy (non-hydrogen) atoms. The molecule has 0 aliphatic carbocycles. The number of aromatic nitrogens is 3. The zero-order chi connectivity index (χ0) is 13.9. The zero-order valence-corrected chi connectivity index (χ0v) is 13.8. The predicted molar refractivity (Wildman–Crippen MR) is 88.6 cm³/mol. The Morgan fingerprint density at radius 1 is 1.27 bits per heavy atom. The number of piperazine rings is 1. The molecule has 1 unspecified atom stereocenters. The van der Waals surface area contributed by atoms with Crippen molar-refractivity contribution in [3.8, 4) is 0 Å². The summed E-state index contributed by atoms with van der Waals surface area (Å²) in [6, 6.07) is 5.33. The number of nitrogens with one attached hydrogen (secondary N) is 1. The van der Waals surface area contributed by atoms with Gasteiger partial charge in [0.15, 0.2) is 0 Å². The molecule has 6 nitrogen and oxygen atoms in total. The number of halogens is 2. The summed E-state index contributed by atoms with van der Waals surface area (Å²) in [5.74, 6) is 0.849. The lowest BCUT2D eigenvalue weighted by atomic mass is 10.1. The zero-order valence-electron chi connectivity index (χ0n) is 12.2. The molecular weight excluding hydrogens is 325 g/mol. The second kappa shape index (κ2) is 8.12.